The third-order valence-electron chi connectivity index (χ3n) is 6.26. The maximum Gasteiger partial charge on any atom is 0.254 e. The normalized spacial score (nSPS) is 24.6. The van der Waals surface area contributed by atoms with Crippen molar-refractivity contribution in [3.8, 4) is 0 Å². The molecule has 142 valence electrons. The van der Waals surface area contributed by atoms with E-state index in [0.717, 1.165) is 16.5 Å². The monoisotopic (exact) mass is 375 g/mol. The van der Waals surface area contributed by atoms with Crippen molar-refractivity contribution in [3.63, 3.8) is 0 Å². The number of fused-ring (bicyclic) bond motifs is 2. The van der Waals surface area contributed by atoms with E-state index < -0.39 is 0 Å². The fourth-order valence-corrected chi connectivity index (χ4v) is 4.57. The van der Waals surface area contributed by atoms with Gasteiger partial charge in [0.15, 0.2) is 0 Å². The second-order valence-corrected chi connectivity index (χ2v) is 7.93. The first-order valence-electron chi connectivity index (χ1n) is 9.71. The number of hydrogen-bond acceptors (Lipinski definition) is 4. The summed E-state index contributed by atoms with van der Waals surface area (Å²) in [6.45, 7) is 2.82. The Morgan fingerprint density at radius 1 is 1.04 bits per heavy atom. The number of likely N-dealkylation sites (tertiary alicyclic amines) is 2. The van der Waals surface area contributed by atoms with Crippen LogP contribution in [0, 0.1) is 18.8 Å². The molecule has 0 spiro atoms. The number of imide groups is 1. The minimum Gasteiger partial charge on any atom is -0.334 e. The van der Waals surface area contributed by atoms with Gasteiger partial charge in [-0.05, 0) is 49.6 Å². The van der Waals surface area contributed by atoms with Crippen LogP contribution in [0.1, 0.15) is 28.8 Å². The van der Waals surface area contributed by atoms with Crippen molar-refractivity contribution in [1.82, 2.24) is 14.8 Å². The average molecular weight is 375 g/mol. The topological polar surface area (TPSA) is 70.6 Å². The maximum atomic E-state index is 12.9. The second kappa shape index (κ2) is 6.26. The molecule has 1 aliphatic carbocycles. The molecule has 0 N–H and O–H groups in total. The van der Waals surface area contributed by atoms with E-state index in [4.69, 9.17) is 0 Å². The van der Waals surface area contributed by atoms with E-state index in [-0.39, 0.29) is 35.6 Å². The molecule has 2 aliphatic heterocycles. The Kier molecular flexibility index (Phi) is 3.82. The number of aryl methyl sites for hydroxylation is 1. The standard InChI is InChI=1S/C22H21N3O3/c1-13-8-9-23-19-7-6-14(10-18(13)19)20(26)24-11-15(12-24)25-21(27)16-4-2-3-5-17(16)22(25)28/h2-3,6-10,15-17H,4-5,11-12H2,1H3. The fourth-order valence-electron chi connectivity index (χ4n) is 4.57. The van der Waals surface area contributed by atoms with Crippen LogP contribution in [0.5, 0.6) is 0 Å². The van der Waals surface area contributed by atoms with Gasteiger partial charge in [-0.1, -0.05) is 12.2 Å². The molecule has 6 nitrogen and oxygen atoms in total. The Labute approximate surface area is 162 Å². The summed E-state index contributed by atoms with van der Waals surface area (Å²) in [5.74, 6) is -0.622. The number of nitrogens with zero attached hydrogens (tertiary/aromatic N) is 3. The molecular formula is C22H21N3O3. The Balaban J connectivity index is 1.31. The number of carbonyl (C=O) groups is 3. The lowest BCUT2D eigenvalue weighted by molar-refractivity contribution is -0.145. The van der Waals surface area contributed by atoms with Crippen molar-refractivity contribution in [3.05, 3.63) is 53.7 Å². The number of hydrogen-bond donors (Lipinski definition) is 0. The minimum absolute atomic E-state index is 0.0659. The van der Waals surface area contributed by atoms with Gasteiger partial charge in [0.1, 0.15) is 0 Å². The van der Waals surface area contributed by atoms with Crippen LogP contribution in [0.15, 0.2) is 42.6 Å². The van der Waals surface area contributed by atoms with Crippen LogP contribution in [-0.2, 0) is 9.59 Å². The highest BCUT2D eigenvalue weighted by atomic mass is 16.2. The molecule has 5 rings (SSSR count). The molecule has 1 aromatic heterocycles. The molecule has 2 saturated heterocycles. The molecule has 6 heteroatoms. The van der Waals surface area contributed by atoms with Crippen LogP contribution in [0.2, 0.25) is 0 Å². The Bertz CT molecular complexity index is 1010. The molecule has 3 heterocycles. The number of rotatable bonds is 2. The molecule has 1 aromatic carbocycles. The van der Waals surface area contributed by atoms with Gasteiger partial charge in [-0.3, -0.25) is 24.3 Å². The van der Waals surface area contributed by atoms with Crippen molar-refractivity contribution < 1.29 is 14.4 Å². The number of amides is 3. The third-order valence-corrected chi connectivity index (χ3v) is 6.26. The molecule has 3 amide bonds. The van der Waals surface area contributed by atoms with Gasteiger partial charge >= 0.3 is 0 Å². The van der Waals surface area contributed by atoms with Crippen molar-refractivity contribution >= 4 is 28.6 Å². The zero-order chi connectivity index (χ0) is 19.4. The van der Waals surface area contributed by atoms with Crippen molar-refractivity contribution in [1.29, 1.82) is 0 Å². The van der Waals surface area contributed by atoms with Gasteiger partial charge in [0.2, 0.25) is 11.8 Å². The Morgan fingerprint density at radius 2 is 1.71 bits per heavy atom. The first-order valence-corrected chi connectivity index (χ1v) is 9.71. The smallest absolute Gasteiger partial charge is 0.254 e. The lowest BCUT2D eigenvalue weighted by atomic mass is 9.85. The quantitative estimate of drug-likeness (QED) is 0.597. The van der Waals surface area contributed by atoms with E-state index in [1.54, 1.807) is 17.2 Å². The van der Waals surface area contributed by atoms with Gasteiger partial charge < -0.3 is 4.90 Å². The highest BCUT2D eigenvalue weighted by molar-refractivity contribution is 6.06. The van der Waals surface area contributed by atoms with E-state index in [0.29, 0.717) is 31.5 Å². The van der Waals surface area contributed by atoms with Gasteiger partial charge in [-0.2, -0.15) is 0 Å². The summed E-state index contributed by atoms with van der Waals surface area (Å²) in [6, 6.07) is 7.25. The summed E-state index contributed by atoms with van der Waals surface area (Å²) in [5, 5.41) is 0.965. The number of benzene rings is 1. The van der Waals surface area contributed by atoms with E-state index in [1.807, 2.05) is 37.3 Å². The maximum absolute atomic E-state index is 12.9. The summed E-state index contributed by atoms with van der Waals surface area (Å²) in [4.78, 5) is 45.7. The summed E-state index contributed by atoms with van der Waals surface area (Å²) in [6.07, 6.45) is 7.03. The lowest BCUT2D eigenvalue weighted by Gasteiger charge is -2.43. The molecule has 2 fully saturated rings. The fraction of sp³-hybridized carbons (Fsp3) is 0.364. The third kappa shape index (κ3) is 2.47. The molecule has 2 aromatic rings. The summed E-state index contributed by atoms with van der Waals surface area (Å²) < 4.78 is 0. The molecule has 2 unspecified atom stereocenters. The average Bonchev–Trinajstić information content (AvgIpc) is 2.92. The highest BCUT2D eigenvalue weighted by Gasteiger charge is 2.52. The zero-order valence-electron chi connectivity index (χ0n) is 15.7. The number of carbonyl (C=O) groups excluding carboxylic acids is 3. The van der Waals surface area contributed by atoms with E-state index in [1.165, 1.54) is 4.90 Å². The van der Waals surface area contributed by atoms with Gasteiger partial charge in [-0.15, -0.1) is 0 Å². The predicted molar refractivity (Wildman–Crippen MR) is 103 cm³/mol. The lowest BCUT2D eigenvalue weighted by Crippen LogP contribution is -2.62. The van der Waals surface area contributed by atoms with Crippen LogP contribution < -0.4 is 0 Å². The van der Waals surface area contributed by atoms with Crippen LogP contribution in [0.25, 0.3) is 10.9 Å². The molecule has 0 radical (unpaired) electrons. The van der Waals surface area contributed by atoms with E-state index in [2.05, 4.69) is 4.98 Å². The number of aromatic nitrogens is 1. The van der Waals surface area contributed by atoms with Crippen LogP contribution in [0.3, 0.4) is 0 Å². The van der Waals surface area contributed by atoms with Crippen molar-refractivity contribution in [2.24, 2.45) is 11.8 Å². The molecule has 3 aliphatic rings. The predicted octanol–water partition coefficient (Wildman–Crippen LogP) is 2.32. The molecule has 0 saturated carbocycles. The molecule has 28 heavy (non-hydrogen) atoms. The molecule has 2 atom stereocenters. The zero-order valence-corrected chi connectivity index (χ0v) is 15.7. The van der Waals surface area contributed by atoms with Gasteiger partial charge in [0, 0.05) is 30.2 Å². The summed E-state index contributed by atoms with van der Waals surface area (Å²) in [7, 11) is 0. The van der Waals surface area contributed by atoms with Crippen LogP contribution in [0.4, 0.5) is 0 Å². The van der Waals surface area contributed by atoms with Gasteiger partial charge in [-0.25, -0.2) is 0 Å². The van der Waals surface area contributed by atoms with E-state index in [9.17, 15) is 14.4 Å². The molecule has 0 bridgehead atoms. The van der Waals surface area contributed by atoms with Crippen LogP contribution in [-0.4, -0.2) is 51.6 Å². The van der Waals surface area contributed by atoms with Crippen LogP contribution >= 0.6 is 0 Å². The SMILES string of the molecule is Cc1ccnc2ccc(C(=O)N3CC(N4C(=O)C5CC=CCC5C4=O)C3)cc12. The summed E-state index contributed by atoms with van der Waals surface area (Å²) >= 11 is 0. The van der Waals surface area contributed by atoms with Gasteiger partial charge in [0.25, 0.3) is 5.91 Å². The first kappa shape index (κ1) is 17.1. The van der Waals surface area contributed by atoms with E-state index >= 15 is 0 Å². The number of allylic oxidation sites excluding steroid dienone is 2. The summed E-state index contributed by atoms with van der Waals surface area (Å²) in [5.41, 5.74) is 2.55. The van der Waals surface area contributed by atoms with Crippen molar-refractivity contribution in [2.75, 3.05) is 13.1 Å². The Hall–Kier alpha value is -3.02. The second-order valence-electron chi connectivity index (χ2n) is 7.93. The minimum atomic E-state index is -0.210. The largest absolute Gasteiger partial charge is 0.334 e. The molecular weight excluding hydrogens is 354 g/mol. The highest BCUT2D eigenvalue weighted by Crippen LogP contribution is 2.37. The van der Waals surface area contributed by atoms with Gasteiger partial charge in [0.05, 0.1) is 23.4 Å². The van der Waals surface area contributed by atoms with Crippen molar-refractivity contribution in [2.45, 2.75) is 25.8 Å². The first-order chi connectivity index (χ1) is 13.5. The number of pyridine rings is 1. The Morgan fingerprint density at radius 3 is 2.39 bits per heavy atom.